The van der Waals surface area contributed by atoms with Crippen LogP contribution < -0.4 is 5.32 Å². The van der Waals surface area contributed by atoms with Crippen molar-refractivity contribution in [3.05, 3.63) is 47.3 Å². The molecule has 0 radical (unpaired) electrons. The number of aryl methyl sites for hydroxylation is 1. The molecule has 0 spiro atoms. The van der Waals surface area contributed by atoms with E-state index in [-0.39, 0.29) is 0 Å². The molecule has 0 aliphatic carbocycles. The quantitative estimate of drug-likeness (QED) is 0.822. The Bertz CT molecular complexity index is 510. The Morgan fingerprint density at radius 2 is 2.00 bits per heavy atom. The molecule has 2 rings (SSSR count). The molecule has 2 aromatic rings. The van der Waals surface area contributed by atoms with Gasteiger partial charge in [0, 0.05) is 32.9 Å². The van der Waals surface area contributed by atoms with Crippen LogP contribution in [0.4, 0.5) is 0 Å². The number of hydrogen-bond donors (Lipinski definition) is 1. The minimum Gasteiger partial charge on any atom is -0.377 e. The summed E-state index contributed by atoms with van der Waals surface area (Å²) in [5.41, 5.74) is 3.45. The number of aromatic nitrogens is 3. The lowest BCUT2D eigenvalue weighted by Crippen LogP contribution is -2.14. The fourth-order valence-corrected chi connectivity index (χ4v) is 1.88. The van der Waals surface area contributed by atoms with Gasteiger partial charge in [-0.1, -0.05) is 29.5 Å². The normalized spacial score (nSPS) is 10.8. The topological polar surface area (TPSA) is 52.0 Å². The number of nitrogens with zero attached hydrogens (tertiary/aromatic N) is 3. The van der Waals surface area contributed by atoms with Crippen LogP contribution in [0, 0.1) is 0 Å². The maximum absolute atomic E-state index is 5.47. The standard InChI is InChI=1S/C14H20N4O/c1-3-19-11-13-7-5-4-6-12(13)8-15-9-14-10-18(2)17-16-14/h4-7,10,15H,3,8-9,11H2,1-2H3. The average Bonchev–Trinajstić information content (AvgIpc) is 2.83. The predicted octanol–water partition coefficient (Wildman–Crippen LogP) is 1.64. The number of hydrogen-bond acceptors (Lipinski definition) is 4. The van der Waals surface area contributed by atoms with Crippen LogP contribution in [0.1, 0.15) is 23.7 Å². The second kappa shape index (κ2) is 7.01. The van der Waals surface area contributed by atoms with Crippen molar-refractivity contribution in [2.75, 3.05) is 6.61 Å². The maximum Gasteiger partial charge on any atom is 0.0964 e. The van der Waals surface area contributed by atoms with E-state index in [1.54, 1.807) is 4.68 Å². The minimum absolute atomic E-state index is 0.666. The first-order valence-electron chi connectivity index (χ1n) is 6.50. The molecular formula is C14H20N4O. The van der Waals surface area contributed by atoms with E-state index in [9.17, 15) is 0 Å². The van der Waals surface area contributed by atoms with Gasteiger partial charge in [-0.3, -0.25) is 4.68 Å². The van der Waals surface area contributed by atoms with Gasteiger partial charge in [0.2, 0.25) is 0 Å². The highest BCUT2D eigenvalue weighted by molar-refractivity contribution is 5.26. The molecule has 5 nitrogen and oxygen atoms in total. The lowest BCUT2D eigenvalue weighted by atomic mass is 10.1. The van der Waals surface area contributed by atoms with Crippen LogP contribution in [-0.2, 0) is 31.5 Å². The smallest absolute Gasteiger partial charge is 0.0964 e. The molecule has 1 aromatic carbocycles. The van der Waals surface area contributed by atoms with Crippen molar-refractivity contribution in [3.63, 3.8) is 0 Å². The van der Waals surface area contributed by atoms with E-state index in [1.807, 2.05) is 26.2 Å². The largest absolute Gasteiger partial charge is 0.377 e. The van der Waals surface area contributed by atoms with Gasteiger partial charge in [-0.25, -0.2) is 0 Å². The molecule has 0 atom stereocenters. The molecule has 19 heavy (non-hydrogen) atoms. The molecule has 1 aromatic heterocycles. The van der Waals surface area contributed by atoms with E-state index in [2.05, 4.69) is 33.8 Å². The van der Waals surface area contributed by atoms with E-state index < -0.39 is 0 Å². The number of benzene rings is 1. The Morgan fingerprint density at radius 3 is 2.68 bits per heavy atom. The van der Waals surface area contributed by atoms with Gasteiger partial charge in [-0.05, 0) is 18.1 Å². The molecule has 0 aliphatic heterocycles. The molecule has 0 fully saturated rings. The molecule has 5 heteroatoms. The van der Waals surface area contributed by atoms with Crippen molar-refractivity contribution < 1.29 is 4.74 Å². The zero-order valence-electron chi connectivity index (χ0n) is 11.5. The summed E-state index contributed by atoms with van der Waals surface area (Å²) in [7, 11) is 1.87. The van der Waals surface area contributed by atoms with Gasteiger partial charge in [-0.15, -0.1) is 5.10 Å². The van der Waals surface area contributed by atoms with E-state index in [1.165, 1.54) is 11.1 Å². The number of rotatable bonds is 7. The lowest BCUT2D eigenvalue weighted by molar-refractivity contribution is 0.133. The third-order valence-electron chi connectivity index (χ3n) is 2.85. The van der Waals surface area contributed by atoms with Crippen LogP contribution in [0.5, 0.6) is 0 Å². The van der Waals surface area contributed by atoms with Gasteiger partial charge < -0.3 is 10.1 Å². The fraction of sp³-hybridized carbons (Fsp3) is 0.429. The van der Waals surface area contributed by atoms with E-state index in [0.29, 0.717) is 6.61 Å². The summed E-state index contributed by atoms with van der Waals surface area (Å²) in [6.07, 6.45) is 1.92. The highest BCUT2D eigenvalue weighted by Crippen LogP contribution is 2.10. The van der Waals surface area contributed by atoms with Crippen molar-refractivity contribution in [1.82, 2.24) is 20.3 Å². The van der Waals surface area contributed by atoms with Gasteiger partial charge in [0.15, 0.2) is 0 Å². The summed E-state index contributed by atoms with van der Waals surface area (Å²) in [4.78, 5) is 0. The van der Waals surface area contributed by atoms with Crippen molar-refractivity contribution >= 4 is 0 Å². The third kappa shape index (κ3) is 4.15. The first-order chi connectivity index (χ1) is 9.29. The zero-order valence-corrected chi connectivity index (χ0v) is 11.5. The van der Waals surface area contributed by atoms with Gasteiger partial charge in [0.05, 0.1) is 12.3 Å². The Balaban J connectivity index is 1.88. The van der Waals surface area contributed by atoms with Crippen LogP contribution in [0.3, 0.4) is 0 Å². The Kier molecular flexibility index (Phi) is 5.06. The molecule has 0 amide bonds. The summed E-state index contributed by atoms with van der Waals surface area (Å²) >= 11 is 0. The second-order valence-electron chi connectivity index (χ2n) is 4.39. The summed E-state index contributed by atoms with van der Waals surface area (Å²) < 4.78 is 7.18. The van der Waals surface area contributed by atoms with Crippen molar-refractivity contribution in [1.29, 1.82) is 0 Å². The summed E-state index contributed by atoms with van der Waals surface area (Å²) in [6, 6.07) is 8.32. The Hall–Kier alpha value is -1.72. The SMILES string of the molecule is CCOCc1ccccc1CNCc1cn(C)nn1. The average molecular weight is 260 g/mol. The van der Waals surface area contributed by atoms with E-state index in [0.717, 1.165) is 25.4 Å². The highest BCUT2D eigenvalue weighted by atomic mass is 16.5. The van der Waals surface area contributed by atoms with Crippen LogP contribution in [0.15, 0.2) is 30.5 Å². The van der Waals surface area contributed by atoms with Crippen LogP contribution >= 0.6 is 0 Å². The highest BCUT2D eigenvalue weighted by Gasteiger charge is 2.02. The van der Waals surface area contributed by atoms with E-state index in [4.69, 9.17) is 4.74 Å². The molecule has 0 bridgehead atoms. The fourth-order valence-electron chi connectivity index (χ4n) is 1.88. The summed E-state index contributed by atoms with van der Waals surface area (Å²) in [6.45, 7) is 4.94. The third-order valence-corrected chi connectivity index (χ3v) is 2.85. The molecule has 0 unspecified atom stereocenters. The first kappa shape index (κ1) is 13.7. The molecule has 1 N–H and O–H groups in total. The lowest BCUT2D eigenvalue weighted by Gasteiger charge is -2.09. The van der Waals surface area contributed by atoms with Gasteiger partial charge in [0.1, 0.15) is 0 Å². The molecule has 1 heterocycles. The Labute approximate surface area is 113 Å². The van der Waals surface area contributed by atoms with Gasteiger partial charge >= 0.3 is 0 Å². The molecule has 0 saturated carbocycles. The van der Waals surface area contributed by atoms with Crippen LogP contribution in [0.25, 0.3) is 0 Å². The first-order valence-corrected chi connectivity index (χ1v) is 6.50. The van der Waals surface area contributed by atoms with Crippen LogP contribution in [0.2, 0.25) is 0 Å². The minimum atomic E-state index is 0.666. The maximum atomic E-state index is 5.47. The van der Waals surface area contributed by atoms with Gasteiger partial charge in [0.25, 0.3) is 0 Å². The molecular weight excluding hydrogens is 240 g/mol. The molecule has 0 aliphatic rings. The van der Waals surface area contributed by atoms with Crippen molar-refractivity contribution in [2.24, 2.45) is 7.05 Å². The predicted molar refractivity (Wildman–Crippen MR) is 73.3 cm³/mol. The van der Waals surface area contributed by atoms with Crippen LogP contribution in [-0.4, -0.2) is 21.6 Å². The van der Waals surface area contributed by atoms with E-state index >= 15 is 0 Å². The number of nitrogens with one attached hydrogen (secondary N) is 1. The van der Waals surface area contributed by atoms with Crippen molar-refractivity contribution in [3.8, 4) is 0 Å². The second-order valence-corrected chi connectivity index (χ2v) is 4.39. The Morgan fingerprint density at radius 1 is 1.21 bits per heavy atom. The zero-order chi connectivity index (χ0) is 13.5. The summed E-state index contributed by atoms with van der Waals surface area (Å²) in [5, 5.41) is 11.3. The monoisotopic (exact) mass is 260 g/mol. The van der Waals surface area contributed by atoms with Gasteiger partial charge in [-0.2, -0.15) is 0 Å². The number of ether oxygens (including phenoxy) is 1. The van der Waals surface area contributed by atoms with Crippen molar-refractivity contribution in [2.45, 2.75) is 26.6 Å². The molecule has 102 valence electrons. The summed E-state index contributed by atoms with van der Waals surface area (Å²) in [5.74, 6) is 0. The molecule has 0 saturated heterocycles.